The zero-order valence-electron chi connectivity index (χ0n) is 18.2. The van der Waals surface area contributed by atoms with Gasteiger partial charge in [-0.05, 0) is 17.2 Å². The minimum atomic E-state index is 0.637. The normalized spacial score (nSPS) is 14.5. The molecule has 0 saturated carbocycles. The lowest BCUT2D eigenvalue weighted by Crippen LogP contribution is -2.39. The quantitative estimate of drug-likeness (QED) is 0.476. The molecule has 0 spiro atoms. The molecule has 2 aromatic carbocycles. The van der Waals surface area contributed by atoms with E-state index in [4.69, 9.17) is 4.74 Å². The van der Waals surface area contributed by atoms with E-state index in [0.29, 0.717) is 13.1 Å². The molecule has 7 nitrogen and oxygen atoms in total. The molecule has 0 aliphatic carbocycles. The monoisotopic (exact) mass is 418 g/mol. The van der Waals surface area contributed by atoms with Gasteiger partial charge in [-0.3, -0.25) is 4.99 Å². The van der Waals surface area contributed by atoms with E-state index < -0.39 is 0 Å². The van der Waals surface area contributed by atoms with Gasteiger partial charge in [-0.2, -0.15) is 0 Å². The minimum Gasteiger partial charge on any atom is -0.378 e. The number of ether oxygens (including phenoxy) is 1. The highest BCUT2D eigenvalue weighted by molar-refractivity contribution is 5.79. The van der Waals surface area contributed by atoms with E-state index in [1.54, 1.807) is 0 Å². The SMILES string of the molecule is CN=C(NCc1ccccc1N1CCOCC1)N(C)Cc1ncc(-c2ccccc2)[nH]1. The summed E-state index contributed by atoms with van der Waals surface area (Å²) in [5.41, 5.74) is 4.66. The van der Waals surface area contributed by atoms with Crippen LogP contribution in [0, 0.1) is 0 Å². The highest BCUT2D eigenvalue weighted by atomic mass is 16.5. The van der Waals surface area contributed by atoms with Crippen LogP contribution in [0.1, 0.15) is 11.4 Å². The molecule has 1 saturated heterocycles. The van der Waals surface area contributed by atoms with Crippen molar-refractivity contribution in [1.29, 1.82) is 0 Å². The van der Waals surface area contributed by atoms with E-state index in [-0.39, 0.29) is 0 Å². The first-order valence-corrected chi connectivity index (χ1v) is 10.7. The van der Waals surface area contributed by atoms with Gasteiger partial charge in [0.25, 0.3) is 0 Å². The first kappa shape index (κ1) is 20.9. The fourth-order valence-corrected chi connectivity index (χ4v) is 3.84. The van der Waals surface area contributed by atoms with Gasteiger partial charge in [-0.25, -0.2) is 4.98 Å². The van der Waals surface area contributed by atoms with E-state index in [0.717, 1.165) is 49.3 Å². The average Bonchev–Trinajstić information content (AvgIpc) is 3.29. The van der Waals surface area contributed by atoms with E-state index >= 15 is 0 Å². The Bertz CT molecular complexity index is 994. The number of H-pyrrole nitrogens is 1. The van der Waals surface area contributed by atoms with Crippen LogP contribution in [0.3, 0.4) is 0 Å². The summed E-state index contributed by atoms with van der Waals surface area (Å²) in [7, 11) is 3.83. The molecule has 7 heteroatoms. The average molecular weight is 419 g/mol. The van der Waals surface area contributed by atoms with Crippen molar-refractivity contribution in [2.75, 3.05) is 45.3 Å². The Balaban J connectivity index is 1.38. The maximum atomic E-state index is 5.50. The van der Waals surface area contributed by atoms with Crippen molar-refractivity contribution in [3.8, 4) is 11.3 Å². The van der Waals surface area contributed by atoms with E-state index in [9.17, 15) is 0 Å². The molecule has 2 N–H and O–H groups in total. The predicted molar refractivity (Wildman–Crippen MR) is 125 cm³/mol. The van der Waals surface area contributed by atoms with Crippen molar-refractivity contribution in [2.24, 2.45) is 4.99 Å². The van der Waals surface area contributed by atoms with Crippen LogP contribution in [0.2, 0.25) is 0 Å². The first-order valence-electron chi connectivity index (χ1n) is 10.7. The Labute approximate surface area is 183 Å². The number of imidazole rings is 1. The lowest BCUT2D eigenvalue weighted by molar-refractivity contribution is 0.122. The number of rotatable bonds is 6. The van der Waals surface area contributed by atoms with E-state index in [2.05, 4.69) is 66.5 Å². The maximum Gasteiger partial charge on any atom is 0.194 e. The second-order valence-corrected chi connectivity index (χ2v) is 7.59. The van der Waals surface area contributed by atoms with Gasteiger partial charge < -0.3 is 24.8 Å². The molecule has 1 aliphatic rings. The van der Waals surface area contributed by atoms with Gasteiger partial charge in [0.2, 0.25) is 0 Å². The number of aliphatic imine (C=N–C) groups is 1. The van der Waals surface area contributed by atoms with Crippen LogP contribution in [0.4, 0.5) is 5.69 Å². The number of aromatic amines is 1. The summed E-state index contributed by atoms with van der Waals surface area (Å²) in [5.74, 6) is 1.73. The molecule has 0 atom stereocenters. The number of aromatic nitrogens is 2. The second kappa shape index (κ2) is 10.1. The van der Waals surface area contributed by atoms with Crippen molar-refractivity contribution in [3.63, 3.8) is 0 Å². The smallest absolute Gasteiger partial charge is 0.194 e. The van der Waals surface area contributed by atoms with Crippen LogP contribution >= 0.6 is 0 Å². The van der Waals surface area contributed by atoms with Gasteiger partial charge in [0, 0.05) is 39.4 Å². The Morgan fingerprint density at radius 1 is 1.13 bits per heavy atom. The third-order valence-electron chi connectivity index (χ3n) is 5.45. The van der Waals surface area contributed by atoms with Gasteiger partial charge in [0.15, 0.2) is 5.96 Å². The van der Waals surface area contributed by atoms with Crippen LogP contribution < -0.4 is 10.2 Å². The number of anilines is 1. The number of nitrogens with one attached hydrogen (secondary N) is 2. The zero-order chi connectivity index (χ0) is 21.5. The minimum absolute atomic E-state index is 0.637. The third kappa shape index (κ3) is 5.24. The molecule has 1 fully saturated rings. The molecule has 2 heterocycles. The molecule has 162 valence electrons. The molecular formula is C24H30N6O. The van der Waals surface area contributed by atoms with Crippen LogP contribution in [-0.2, 0) is 17.8 Å². The van der Waals surface area contributed by atoms with Gasteiger partial charge in [-0.15, -0.1) is 0 Å². The van der Waals surface area contributed by atoms with Gasteiger partial charge in [0.1, 0.15) is 5.82 Å². The molecule has 3 aromatic rings. The number of hydrogen-bond acceptors (Lipinski definition) is 4. The summed E-state index contributed by atoms with van der Waals surface area (Å²) in [6.45, 7) is 4.75. The lowest BCUT2D eigenvalue weighted by Gasteiger charge is -2.31. The number of guanidine groups is 1. The highest BCUT2D eigenvalue weighted by Gasteiger charge is 2.15. The van der Waals surface area contributed by atoms with Crippen molar-refractivity contribution < 1.29 is 4.74 Å². The Morgan fingerprint density at radius 3 is 2.65 bits per heavy atom. The van der Waals surface area contributed by atoms with Crippen molar-refractivity contribution in [2.45, 2.75) is 13.1 Å². The fourth-order valence-electron chi connectivity index (χ4n) is 3.84. The number of hydrogen-bond donors (Lipinski definition) is 2. The molecule has 0 bridgehead atoms. The van der Waals surface area contributed by atoms with E-state index in [1.807, 2.05) is 38.5 Å². The zero-order valence-corrected chi connectivity index (χ0v) is 18.2. The molecule has 0 amide bonds. The summed E-state index contributed by atoms with van der Waals surface area (Å²) >= 11 is 0. The predicted octanol–water partition coefficient (Wildman–Crippen LogP) is 3.12. The van der Waals surface area contributed by atoms with Crippen LogP contribution in [0.5, 0.6) is 0 Å². The number of para-hydroxylation sites is 1. The van der Waals surface area contributed by atoms with Crippen molar-refractivity contribution in [3.05, 3.63) is 72.2 Å². The molecule has 4 rings (SSSR count). The summed E-state index contributed by atoms with van der Waals surface area (Å²) in [6.07, 6.45) is 1.88. The maximum absolute atomic E-state index is 5.50. The molecule has 0 unspecified atom stereocenters. The topological polar surface area (TPSA) is 68.8 Å². The molecule has 31 heavy (non-hydrogen) atoms. The summed E-state index contributed by atoms with van der Waals surface area (Å²) in [6, 6.07) is 18.8. The highest BCUT2D eigenvalue weighted by Crippen LogP contribution is 2.21. The van der Waals surface area contributed by atoms with Crippen LogP contribution in [0.25, 0.3) is 11.3 Å². The Kier molecular flexibility index (Phi) is 6.84. The van der Waals surface area contributed by atoms with Crippen molar-refractivity contribution >= 4 is 11.6 Å². The standard InChI is InChI=1S/C24H30N6O/c1-25-24(27-16-20-10-6-7-11-22(20)30-12-14-31-15-13-30)29(2)18-23-26-17-21(28-23)19-8-4-3-5-9-19/h3-11,17H,12-16,18H2,1-2H3,(H,25,27)(H,26,28). The first-order chi connectivity index (χ1) is 15.2. The molecule has 0 radical (unpaired) electrons. The number of morpholine rings is 1. The van der Waals surface area contributed by atoms with Crippen LogP contribution in [-0.4, -0.2) is 61.2 Å². The summed E-state index contributed by atoms with van der Waals surface area (Å²) in [5, 5.41) is 3.50. The molecule has 1 aromatic heterocycles. The molecule has 1 aliphatic heterocycles. The van der Waals surface area contributed by atoms with Crippen molar-refractivity contribution in [1.82, 2.24) is 20.2 Å². The van der Waals surface area contributed by atoms with Gasteiger partial charge >= 0.3 is 0 Å². The Hall–Kier alpha value is -3.32. The van der Waals surface area contributed by atoms with Crippen LogP contribution in [0.15, 0.2) is 65.8 Å². The number of nitrogens with zero attached hydrogens (tertiary/aromatic N) is 4. The van der Waals surface area contributed by atoms with E-state index in [1.165, 1.54) is 11.3 Å². The summed E-state index contributed by atoms with van der Waals surface area (Å²) < 4.78 is 5.50. The lowest BCUT2D eigenvalue weighted by atomic mass is 10.1. The summed E-state index contributed by atoms with van der Waals surface area (Å²) in [4.78, 5) is 16.9. The fraction of sp³-hybridized carbons (Fsp3) is 0.333. The number of benzene rings is 2. The van der Waals surface area contributed by atoms with Gasteiger partial charge in [0.05, 0.1) is 31.6 Å². The largest absolute Gasteiger partial charge is 0.378 e. The van der Waals surface area contributed by atoms with Gasteiger partial charge in [-0.1, -0.05) is 48.5 Å². The molecular weight excluding hydrogens is 388 g/mol. The Morgan fingerprint density at radius 2 is 1.87 bits per heavy atom. The third-order valence-corrected chi connectivity index (χ3v) is 5.45. The second-order valence-electron chi connectivity index (χ2n) is 7.59.